The van der Waals surface area contributed by atoms with Crippen LogP contribution in [0.5, 0.6) is 0 Å². The first-order valence-corrected chi connectivity index (χ1v) is 9.13. The van der Waals surface area contributed by atoms with Crippen LogP contribution in [0.1, 0.15) is 17.2 Å². The lowest BCUT2D eigenvalue weighted by Gasteiger charge is -2.13. The lowest BCUT2D eigenvalue weighted by Crippen LogP contribution is -2.24. The van der Waals surface area contributed by atoms with Crippen LogP contribution >= 0.6 is 0 Å². The Morgan fingerprint density at radius 2 is 1.43 bits per heavy atom. The van der Waals surface area contributed by atoms with Gasteiger partial charge in [-0.25, -0.2) is 8.42 Å². The molecule has 5 heteroatoms. The zero-order valence-electron chi connectivity index (χ0n) is 12.6. The first kappa shape index (κ1) is 17.4. The standard InChI is InChI=1S/C18H20O4S/c19-17(12-11-15-7-3-1-4-8-15)13-23(21,22)14-18(20)16-9-5-2-6-10-16/h1-12,17-20H,13-14H2/b12-11+. The summed E-state index contributed by atoms with van der Waals surface area (Å²) in [5, 5.41) is 19.9. The van der Waals surface area contributed by atoms with Gasteiger partial charge in [0.2, 0.25) is 0 Å². The molecule has 0 spiro atoms. The molecule has 2 unspecified atom stereocenters. The van der Waals surface area contributed by atoms with Crippen molar-refractivity contribution in [1.29, 1.82) is 0 Å². The van der Waals surface area contributed by atoms with Crippen LogP contribution in [0.15, 0.2) is 66.7 Å². The Balaban J connectivity index is 1.94. The third-order valence-corrected chi connectivity index (χ3v) is 5.00. The minimum atomic E-state index is -3.58. The highest BCUT2D eigenvalue weighted by Gasteiger charge is 2.21. The van der Waals surface area contributed by atoms with Crippen molar-refractivity contribution < 1.29 is 18.6 Å². The average Bonchev–Trinajstić information content (AvgIpc) is 2.54. The van der Waals surface area contributed by atoms with Crippen LogP contribution in [0.4, 0.5) is 0 Å². The minimum absolute atomic E-state index is 0.409. The van der Waals surface area contributed by atoms with E-state index in [1.165, 1.54) is 6.08 Å². The summed E-state index contributed by atoms with van der Waals surface area (Å²) in [7, 11) is -3.58. The van der Waals surface area contributed by atoms with Gasteiger partial charge in [0, 0.05) is 0 Å². The molecule has 0 bridgehead atoms. The fraction of sp³-hybridized carbons (Fsp3) is 0.222. The maximum absolute atomic E-state index is 12.1. The smallest absolute Gasteiger partial charge is 0.156 e. The van der Waals surface area contributed by atoms with E-state index in [9.17, 15) is 18.6 Å². The van der Waals surface area contributed by atoms with E-state index in [-0.39, 0.29) is 0 Å². The van der Waals surface area contributed by atoms with E-state index in [1.807, 2.05) is 30.3 Å². The van der Waals surface area contributed by atoms with Crippen molar-refractivity contribution in [3.8, 4) is 0 Å². The summed E-state index contributed by atoms with van der Waals surface area (Å²) in [5.74, 6) is -0.826. The molecule has 0 aliphatic heterocycles. The topological polar surface area (TPSA) is 74.6 Å². The number of aliphatic hydroxyl groups is 2. The molecule has 2 N–H and O–H groups in total. The van der Waals surface area contributed by atoms with E-state index in [2.05, 4.69) is 0 Å². The Kier molecular flexibility index (Phi) is 6.10. The first-order valence-electron chi connectivity index (χ1n) is 7.31. The quantitative estimate of drug-likeness (QED) is 0.815. The normalized spacial score (nSPS) is 14.7. The molecule has 4 nitrogen and oxygen atoms in total. The van der Waals surface area contributed by atoms with Gasteiger partial charge in [0.1, 0.15) is 0 Å². The van der Waals surface area contributed by atoms with Crippen molar-refractivity contribution >= 4 is 15.9 Å². The van der Waals surface area contributed by atoms with Gasteiger partial charge in [0.05, 0.1) is 23.7 Å². The van der Waals surface area contributed by atoms with Gasteiger partial charge in [0.15, 0.2) is 9.84 Å². The summed E-state index contributed by atoms with van der Waals surface area (Å²) >= 11 is 0. The Labute approximate surface area is 136 Å². The van der Waals surface area contributed by atoms with Crippen LogP contribution in [-0.2, 0) is 9.84 Å². The highest BCUT2D eigenvalue weighted by atomic mass is 32.2. The molecule has 2 atom stereocenters. The molecule has 0 heterocycles. The number of aliphatic hydroxyl groups excluding tert-OH is 2. The SMILES string of the molecule is O=S(=O)(CC(O)/C=C/c1ccccc1)CC(O)c1ccccc1. The van der Waals surface area contributed by atoms with E-state index in [0.29, 0.717) is 5.56 Å². The number of hydrogen-bond donors (Lipinski definition) is 2. The molecule has 2 aromatic carbocycles. The van der Waals surface area contributed by atoms with Crippen molar-refractivity contribution in [3.05, 3.63) is 77.9 Å². The van der Waals surface area contributed by atoms with Gasteiger partial charge in [-0.1, -0.05) is 72.8 Å². The summed E-state index contributed by atoms with van der Waals surface area (Å²) in [6.45, 7) is 0. The van der Waals surface area contributed by atoms with Gasteiger partial charge in [0.25, 0.3) is 0 Å². The van der Waals surface area contributed by atoms with Crippen LogP contribution in [0.25, 0.3) is 6.08 Å². The molecule has 2 rings (SSSR count). The van der Waals surface area contributed by atoms with Crippen molar-refractivity contribution in [2.24, 2.45) is 0 Å². The van der Waals surface area contributed by atoms with E-state index in [0.717, 1.165) is 5.56 Å². The predicted molar refractivity (Wildman–Crippen MR) is 91.5 cm³/mol. The Morgan fingerprint density at radius 1 is 0.870 bits per heavy atom. The summed E-state index contributed by atoms with van der Waals surface area (Å²) < 4.78 is 24.2. The van der Waals surface area contributed by atoms with Gasteiger partial charge in [-0.05, 0) is 11.1 Å². The zero-order chi connectivity index (χ0) is 16.7. The highest BCUT2D eigenvalue weighted by molar-refractivity contribution is 7.91. The fourth-order valence-corrected chi connectivity index (χ4v) is 3.62. The van der Waals surface area contributed by atoms with Crippen LogP contribution in [0.3, 0.4) is 0 Å². The predicted octanol–water partition coefficient (Wildman–Crippen LogP) is 2.21. The maximum Gasteiger partial charge on any atom is 0.156 e. The van der Waals surface area contributed by atoms with E-state index >= 15 is 0 Å². The van der Waals surface area contributed by atoms with Gasteiger partial charge in [-0.15, -0.1) is 0 Å². The number of rotatable bonds is 7. The molecule has 0 radical (unpaired) electrons. The lowest BCUT2D eigenvalue weighted by atomic mass is 10.1. The van der Waals surface area contributed by atoms with Crippen molar-refractivity contribution in [1.82, 2.24) is 0 Å². The van der Waals surface area contributed by atoms with Crippen molar-refractivity contribution in [3.63, 3.8) is 0 Å². The summed E-state index contributed by atoms with van der Waals surface area (Å²) in [5.41, 5.74) is 1.43. The summed E-state index contributed by atoms with van der Waals surface area (Å²) in [6.07, 6.45) is 0.921. The molecule has 0 amide bonds. The molecule has 0 aliphatic carbocycles. The minimum Gasteiger partial charge on any atom is -0.388 e. The maximum atomic E-state index is 12.1. The summed E-state index contributed by atoms with van der Waals surface area (Å²) in [4.78, 5) is 0. The van der Waals surface area contributed by atoms with Crippen molar-refractivity contribution in [2.45, 2.75) is 12.2 Å². The first-order chi connectivity index (χ1) is 11.0. The molecule has 2 aromatic rings. The molecule has 122 valence electrons. The molecule has 0 saturated carbocycles. The second kappa shape index (κ2) is 8.06. The fourth-order valence-electron chi connectivity index (χ4n) is 2.18. The van der Waals surface area contributed by atoms with Crippen LogP contribution in [-0.4, -0.2) is 36.2 Å². The Hall–Kier alpha value is -1.95. The summed E-state index contributed by atoms with van der Waals surface area (Å²) in [6, 6.07) is 17.9. The van der Waals surface area contributed by atoms with Crippen molar-refractivity contribution in [2.75, 3.05) is 11.5 Å². The highest BCUT2D eigenvalue weighted by Crippen LogP contribution is 2.15. The molecule has 0 fully saturated rings. The molecular formula is C18H20O4S. The molecule has 0 saturated heterocycles. The van der Waals surface area contributed by atoms with Gasteiger partial charge in [-0.3, -0.25) is 0 Å². The van der Waals surface area contributed by atoms with Crippen LogP contribution in [0.2, 0.25) is 0 Å². The Bertz CT molecular complexity index is 724. The Morgan fingerprint density at radius 3 is 2.04 bits per heavy atom. The van der Waals surface area contributed by atoms with Gasteiger partial charge >= 0.3 is 0 Å². The number of benzene rings is 2. The number of sulfone groups is 1. The number of hydrogen-bond acceptors (Lipinski definition) is 4. The molecule has 23 heavy (non-hydrogen) atoms. The van der Waals surface area contributed by atoms with Crippen LogP contribution in [0, 0.1) is 0 Å². The largest absolute Gasteiger partial charge is 0.388 e. The molecule has 0 aromatic heterocycles. The second-order valence-corrected chi connectivity index (χ2v) is 7.49. The molecule has 0 aliphatic rings. The second-order valence-electron chi connectivity index (χ2n) is 5.34. The third kappa shape index (κ3) is 5.98. The zero-order valence-corrected chi connectivity index (χ0v) is 13.4. The van der Waals surface area contributed by atoms with E-state index in [1.54, 1.807) is 36.4 Å². The third-order valence-electron chi connectivity index (χ3n) is 3.33. The van der Waals surface area contributed by atoms with Gasteiger partial charge < -0.3 is 10.2 Å². The van der Waals surface area contributed by atoms with E-state index < -0.39 is 33.6 Å². The lowest BCUT2D eigenvalue weighted by molar-refractivity contribution is 0.200. The average molecular weight is 332 g/mol. The van der Waals surface area contributed by atoms with E-state index in [4.69, 9.17) is 0 Å². The monoisotopic (exact) mass is 332 g/mol. The molecular weight excluding hydrogens is 312 g/mol. The van der Waals surface area contributed by atoms with Gasteiger partial charge in [-0.2, -0.15) is 0 Å². The van der Waals surface area contributed by atoms with Crippen LogP contribution < -0.4 is 0 Å².